The van der Waals surface area contributed by atoms with E-state index in [1.165, 1.54) is 13.2 Å². The maximum Gasteiger partial charge on any atom is 0.330 e. The zero-order valence-electron chi connectivity index (χ0n) is 11.1. The number of carbonyl (C=O) groups excluding carboxylic acids is 1. The van der Waals surface area contributed by atoms with Gasteiger partial charge in [-0.05, 0) is 43.1 Å². The maximum absolute atomic E-state index is 11.0. The molecule has 1 aromatic carbocycles. The average molecular weight is 261 g/mol. The lowest BCUT2D eigenvalue weighted by atomic mass is 9.85. The summed E-state index contributed by atoms with van der Waals surface area (Å²) >= 11 is 0. The molecule has 0 atom stereocenters. The van der Waals surface area contributed by atoms with Crippen molar-refractivity contribution >= 4 is 12.0 Å². The van der Waals surface area contributed by atoms with Crippen molar-refractivity contribution in [3.63, 3.8) is 0 Å². The lowest BCUT2D eigenvalue weighted by Crippen LogP contribution is -2.39. The summed E-state index contributed by atoms with van der Waals surface area (Å²) in [7, 11) is 1.35. The molecular weight excluding hydrogens is 242 g/mol. The Kier molecular flexibility index (Phi) is 4.35. The summed E-state index contributed by atoms with van der Waals surface area (Å²) in [5.41, 5.74) is 1.12. The Hall–Kier alpha value is -1.65. The van der Waals surface area contributed by atoms with Crippen molar-refractivity contribution in [3.05, 3.63) is 41.5 Å². The molecule has 4 nitrogen and oxygen atoms in total. The van der Waals surface area contributed by atoms with E-state index < -0.39 is 5.60 Å². The molecule has 4 heteroatoms. The molecule has 1 heterocycles. The Bertz CT molecular complexity index is 459. The smallest absolute Gasteiger partial charge is 0.330 e. The predicted octanol–water partition coefficient (Wildman–Crippen LogP) is 1.44. The molecule has 0 aromatic heterocycles. The highest BCUT2D eigenvalue weighted by Crippen LogP contribution is 2.30. The first-order chi connectivity index (χ1) is 9.14. The number of aliphatic hydroxyl groups is 1. The molecule has 1 saturated heterocycles. The van der Waals surface area contributed by atoms with Gasteiger partial charge in [0.05, 0.1) is 12.7 Å². The lowest BCUT2D eigenvalue weighted by Gasteiger charge is -2.33. The highest BCUT2D eigenvalue weighted by molar-refractivity contribution is 5.86. The van der Waals surface area contributed by atoms with E-state index in [0.717, 1.165) is 37.1 Å². The van der Waals surface area contributed by atoms with Crippen molar-refractivity contribution in [2.45, 2.75) is 18.4 Å². The second kappa shape index (κ2) is 5.99. The molecule has 1 fully saturated rings. The summed E-state index contributed by atoms with van der Waals surface area (Å²) in [6.45, 7) is 1.67. The minimum atomic E-state index is -0.726. The third kappa shape index (κ3) is 3.43. The Labute approximate surface area is 113 Å². The van der Waals surface area contributed by atoms with Crippen molar-refractivity contribution in [2.24, 2.45) is 0 Å². The zero-order chi connectivity index (χ0) is 13.7. The molecule has 0 bridgehead atoms. The molecule has 102 valence electrons. The van der Waals surface area contributed by atoms with Gasteiger partial charge < -0.3 is 15.2 Å². The van der Waals surface area contributed by atoms with Crippen molar-refractivity contribution in [2.75, 3.05) is 20.2 Å². The minimum Gasteiger partial charge on any atom is -0.466 e. The van der Waals surface area contributed by atoms with Gasteiger partial charge in [-0.15, -0.1) is 0 Å². The van der Waals surface area contributed by atoms with E-state index in [4.69, 9.17) is 0 Å². The summed E-state index contributed by atoms with van der Waals surface area (Å²) in [5, 5.41) is 13.8. The highest BCUT2D eigenvalue weighted by Gasteiger charge is 2.30. The van der Waals surface area contributed by atoms with E-state index in [2.05, 4.69) is 10.1 Å². The second-order valence-electron chi connectivity index (χ2n) is 4.76. The fourth-order valence-corrected chi connectivity index (χ4v) is 2.27. The van der Waals surface area contributed by atoms with Crippen LogP contribution in [0.4, 0.5) is 0 Å². The summed E-state index contributed by atoms with van der Waals surface area (Å²) in [4.78, 5) is 11.0. The molecule has 1 aliphatic rings. The van der Waals surface area contributed by atoms with E-state index in [-0.39, 0.29) is 5.97 Å². The fraction of sp³-hybridized carbons (Fsp3) is 0.400. The second-order valence-corrected chi connectivity index (χ2v) is 4.76. The molecular formula is C15H19NO3. The number of hydrogen-bond acceptors (Lipinski definition) is 4. The Morgan fingerprint density at radius 1 is 1.32 bits per heavy atom. The van der Waals surface area contributed by atoms with Crippen molar-refractivity contribution < 1.29 is 14.6 Å². The number of rotatable bonds is 3. The van der Waals surface area contributed by atoms with Gasteiger partial charge in [-0.1, -0.05) is 24.3 Å². The minimum absolute atomic E-state index is 0.374. The van der Waals surface area contributed by atoms with Gasteiger partial charge in [0.1, 0.15) is 0 Å². The summed E-state index contributed by atoms with van der Waals surface area (Å²) in [6.07, 6.45) is 4.53. The van der Waals surface area contributed by atoms with Crippen LogP contribution in [0.1, 0.15) is 24.0 Å². The molecule has 0 saturated carbocycles. The number of hydrogen-bond donors (Lipinski definition) is 2. The molecule has 0 aliphatic carbocycles. The molecule has 2 rings (SSSR count). The van der Waals surface area contributed by atoms with Crippen LogP contribution in [-0.2, 0) is 15.1 Å². The van der Waals surface area contributed by atoms with Gasteiger partial charge in [-0.3, -0.25) is 0 Å². The number of piperidine rings is 1. The van der Waals surface area contributed by atoms with Gasteiger partial charge in [0.15, 0.2) is 0 Å². The van der Waals surface area contributed by atoms with Crippen LogP contribution in [0, 0.1) is 0 Å². The van der Waals surface area contributed by atoms with Gasteiger partial charge in [-0.2, -0.15) is 0 Å². The first-order valence-electron chi connectivity index (χ1n) is 6.44. The van der Waals surface area contributed by atoms with E-state index in [1.54, 1.807) is 6.08 Å². The number of carbonyl (C=O) groups is 1. The SMILES string of the molecule is COC(=O)C=Cc1ccc(C2(O)CCNCC2)cc1. The first kappa shape index (κ1) is 13.8. The lowest BCUT2D eigenvalue weighted by molar-refractivity contribution is -0.134. The molecule has 0 spiro atoms. The van der Waals surface area contributed by atoms with Gasteiger partial charge in [0.25, 0.3) is 0 Å². The van der Waals surface area contributed by atoms with E-state index >= 15 is 0 Å². The molecule has 0 radical (unpaired) electrons. The van der Waals surface area contributed by atoms with Crippen LogP contribution < -0.4 is 5.32 Å². The normalized spacial score (nSPS) is 18.4. The first-order valence-corrected chi connectivity index (χ1v) is 6.44. The van der Waals surface area contributed by atoms with Gasteiger partial charge in [-0.25, -0.2) is 4.79 Å². The number of benzene rings is 1. The van der Waals surface area contributed by atoms with E-state index in [1.807, 2.05) is 24.3 Å². The Morgan fingerprint density at radius 3 is 2.53 bits per heavy atom. The number of nitrogens with one attached hydrogen (secondary N) is 1. The molecule has 19 heavy (non-hydrogen) atoms. The summed E-state index contributed by atoms with van der Waals surface area (Å²) in [6, 6.07) is 7.63. The number of ether oxygens (including phenoxy) is 1. The Balaban J connectivity index is 2.09. The molecule has 1 aromatic rings. The quantitative estimate of drug-likeness (QED) is 0.638. The summed E-state index contributed by atoms with van der Waals surface area (Å²) < 4.78 is 4.53. The van der Waals surface area contributed by atoms with Crippen LogP contribution in [0.15, 0.2) is 30.3 Å². The molecule has 0 amide bonds. The average Bonchev–Trinajstić information content (AvgIpc) is 2.46. The van der Waals surface area contributed by atoms with E-state index in [9.17, 15) is 9.90 Å². The zero-order valence-corrected chi connectivity index (χ0v) is 11.1. The third-order valence-electron chi connectivity index (χ3n) is 3.49. The van der Waals surface area contributed by atoms with E-state index in [0.29, 0.717) is 0 Å². The van der Waals surface area contributed by atoms with Gasteiger partial charge >= 0.3 is 5.97 Å². The fourth-order valence-electron chi connectivity index (χ4n) is 2.27. The van der Waals surface area contributed by atoms with Crippen LogP contribution in [0.3, 0.4) is 0 Å². The summed E-state index contributed by atoms with van der Waals surface area (Å²) in [5.74, 6) is -0.374. The molecule has 2 N–H and O–H groups in total. The topological polar surface area (TPSA) is 58.6 Å². The number of methoxy groups -OCH3 is 1. The Morgan fingerprint density at radius 2 is 1.95 bits per heavy atom. The van der Waals surface area contributed by atoms with Gasteiger partial charge in [0, 0.05) is 6.08 Å². The van der Waals surface area contributed by atoms with Crippen LogP contribution in [-0.4, -0.2) is 31.3 Å². The standard InChI is InChI=1S/C15H19NO3/c1-19-14(17)7-4-12-2-5-13(6-3-12)15(18)8-10-16-11-9-15/h2-7,16,18H,8-11H2,1H3. The van der Waals surface area contributed by atoms with Gasteiger partial charge in [0.2, 0.25) is 0 Å². The number of esters is 1. The van der Waals surface area contributed by atoms with Crippen LogP contribution in [0.2, 0.25) is 0 Å². The van der Waals surface area contributed by atoms with Crippen LogP contribution >= 0.6 is 0 Å². The van der Waals surface area contributed by atoms with Crippen molar-refractivity contribution in [3.8, 4) is 0 Å². The third-order valence-corrected chi connectivity index (χ3v) is 3.49. The molecule has 1 aliphatic heterocycles. The van der Waals surface area contributed by atoms with Crippen molar-refractivity contribution in [1.82, 2.24) is 5.32 Å². The largest absolute Gasteiger partial charge is 0.466 e. The molecule has 0 unspecified atom stereocenters. The predicted molar refractivity (Wildman–Crippen MR) is 73.5 cm³/mol. The van der Waals surface area contributed by atoms with Crippen LogP contribution in [0.5, 0.6) is 0 Å². The van der Waals surface area contributed by atoms with Crippen molar-refractivity contribution in [1.29, 1.82) is 0 Å². The monoisotopic (exact) mass is 261 g/mol. The highest BCUT2D eigenvalue weighted by atomic mass is 16.5. The van der Waals surface area contributed by atoms with Crippen LogP contribution in [0.25, 0.3) is 6.08 Å². The maximum atomic E-state index is 11.0.